The van der Waals surface area contributed by atoms with Gasteiger partial charge in [-0.2, -0.15) is 0 Å². The third-order valence-corrected chi connectivity index (χ3v) is 5.36. The van der Waals surface area contributed by atoms with Gasteiger partial charge < -0.3 is 15.4 Å². The lowest BCUT2D eigenvalue weighted by Gasteiger charge is -2.12. The van der Waals surface area contributed by atoms with Gasteiger partial charge in [0, 0.05) is 27.4 Å². The summed E-state index contributed by atoms with van der Waals surface area (Å²) in [7, 11) is 0. The van der Waals surface area contributed by atoms with Gasteiger partial charge in [-0.1, -0.05) is 41.9 Å². The molecule has 0 aliphatic heterocycles. The van der Waals surface area contributed by atoms with Gasteiger partial charge in [0.05, 0.1) is 5.69 Å². The quantitative estimate of drug-likeness (QED) is 0.290. The minimum absolute atomic E-state index is 0.263. The lowest BCUT2D eigenvalue weighted by atomic mass is 10.0. The van der Waals surface area contributed by atoms with Gasteiger partial charge in [0.25, 0.3) is 11.8 Å². The summed E-state index contributed by atoms with van der Waals surface area (Å²) in [6.07, 6.45) is 0. The van der Waals surface area contributed by atoms with Crippen LogP contribution < -0.4 is 15.4 Å². The predicted octanol–water partition coefficient (Wildman–Crippen LogP) is 5.98. The fourth-order valence-electron chi connectivity index (χ4n) is 3.33. The molecule has 0 saturated carbocycles. The largest absolute Gasteiger partial charge is 0.484 e. The summed E-state index contributed by atoms with van der Waals surface area (Å²) in [5, 5.41) is 5.72. The van der Waals surface area contributed by atoms with Crippen LogP contribution in [0.2, 0.25) is 5.02 Å². The van der Waals surface area contributed by atoms with E-state index in [2.05, 4.69) is 10.6 Å². The van der Waals surface area contributed by atoms with Crippen LogP contribution in [0.5, 0.6) is 5.75 Å². The summed E-state index contributed by atoms with van der Waals surface area (Å²) in [6, 6.07) is 24.9. The highest BCUT2D eigenvalue weighted by molar-refractivity contribution is 6.31. The number of halogens is 2. The maximum atomic E-state index is 13.0. The van der Waals surface area contributed by atoms with Gasteiger partial charge >= 0.3 is 0 Å². The van der Waals surface area contributed by atoms with Crippen LogP contribution in [0.4, 0.5) is 15.8 Å². The molecule has 2 N–H and O–H groups in total. The first kappa shape index (κ1) is 24.6. The second-order valence-corrected chi connectivity index (χ2v) is 8.14. The van der Waals surface area contributed by atoms with Crippen LogP contribution in [0.15, 0.2) is 97.1 Å². The molecule has 0 saturated heterocycles. The molecule has 8 heteroatoms. The Balaban J connectivity index is 1.36. The maximum Gasteiger partial charge on any atom is 0.262 e. The van der Waals surface area contributed by atoms with E-state index in [4.69, 9.17) is 16.3 Å². The molecule has 0 aliphatic rings. The van der Waals surface area contributed by atoms with Crippen LogP contribution in [-0.2, 0) is 4.79 Å². The molecule has 0 fully saturated rings. The molecular formula is C28H20ClFN2O4. The molecule has 4 aromatic rings. The highest BCUT2D eigenvalue weighted by Gasteiger charge is 2.16. The Morgan fingerprint density at radius 2 is 1.47 bits per heavy atom. The Kier molecular flexibility index (Phi) is 7.72. The van der Waals surface area contributed by atoms with Crippen LogP contribution in [0.3, 0.4) is 0 Å². The van der Waals surface area contributed by atoms with E-state index in [0.717, 1.165) is 0 Å². The second-order valence-electron chi connectivity index (χ2n) is 7.71. The van der Waals surface area contributed by atoms with E-state index in [9.17, 15) is 18.8 Å². The second kappa shape index (κ2) is 11.3. The van der Waals surface area contributed by atoms with Crippen LogP contribution in [-0.4, -0.2) is 24.2 Å². The maximum absolute atomic E-state index is 13.0. The molecular weight excluding hydrogens is 483 g/mol. The van der Waals surface area contributed by atoms with Gasteiger partial charge in [0.1, 0.15) is 11.6 Å². The molecule has 36 heavy (non-hydrogen) atoms. The third-order valence-electron chi connectivity index (χ3n) is 5.12. The number of rotatable bonds is 8. The number of nitrogens with one attached hydrogen (secondary N) is 2. The van der Waals surface area contributed by atoms with Crippen molar-refractivity contribution in [3.05, 3.63) is 125 Å². The van der Waals surface area contributed by atoms with Crippen molar-refractivity contribution < 1.29 is 23.5 Å². The zero-order valence-corrected chi connectivity index (χ0v) is 19.6. The van der Waals surface area contributed by atoms with Gasteiger partial charge in [-0.15, -0.1) is 0 Å². The number of benzene rings is 4. The number of amides is 2. The molecule has 0 atom stereocenters. The van der Waals surface area contributed by atoms with Gasteiger partial charge in [0.2, 0.25) is 0 Å². The van der Waals surface area contributed by atoms with Crippen molar-refractivity contribution in [2.45, 2.75) is 0 Å². The zero-order valence-electron chi connectivity index (χ0n) is 18.8. The molecule has 0 aliphatic carbocycles. The number of carbonyl (C=O) groups excluding carboxylic acids is 3. The Labute approximate surface area is 211 Å². The summed E-state index contributed by atoms with van der Waals surface area (Å²) in [5.41, 5.74) is 1.87. The Bertz CT molecular complexity index is 1390. The summed E-state index contributed by atoms with van der Waals surface area (Å²) in [4.78, 5) is 37.8. The van der Waals surface area contributed by atoms with Crippen molar-refractivity contribution in [3.8, 4) is 5.75 Å². The lowest BCUT2D eigenvalue weighted by Crippen LogP contribution is -2.21. The first-order valence-electron chi connectivity index (χ1n) is 10.9. The number of hydrogen-bond donors (Lipinski definition) is 2. The smallest absolute Gasteiger partial charge is 0.262 e. The van der Waals surface area contributed by atoms with Gasteiger partial charge in [-0.05, 0) is 66.7 Å². The molecule has 4 aromatic carbocycles. The standard InChI is InChI=1S/C28H20ClFN2O4/c29-20-8-15-25(24(16-20)27(34)18-4-2-1-3-5-18)32-26(33)17-36-23-13-6-19(7-14-23)28(35)31-22-11-9-21(30)10-12-22/h1-16H,17H2,(H,31,35)(H,32,33). The molecule has 0 aromatic heterocycles. The topological polar surface area (TPSA) is 84.5 Å². The van der Waals surface area contributed by atoms with E-state index in [1.807, 2.05) is 0 Å². The molecule has 0 spiro atoms. The molecule has 0 bridgehead atoms. The average molecular weight is 503 g/mol. The molecule has 4 rings (SSSR count). The summed E-state index contributed by atoms with van der Waals surface area (Å²) >= 11 is 6.08. The first-order valence-corrected chi connectivity index (χ1v) is 11.3. The van der Waals surface area contributed by atoms with E-state index >= 15 is 0 Å². The van der Waals surface area contributed by atoms with Crippen LogP contribution in [0.25, 0.3) is 0 Å². The lowest BCUT2D eigenvalue weighted by molar-refractivity contribution is -0.118. The van der Waals surface area contributed by atoms with Crippen molar-refractivity contribution in [1.82, 2.24) is 0 Å². The fraction of sp³-hybridized carbons (Fsp3) is 0.0357. The molecule has 0 unspecified atom stereocenters. The molecule has 0 heterocycles. The summed E-state index contributed by atoms with van der Waals surface area (Å²) in [6.45, 7) is -0.317. The van der Waals surface area contributed by atoms with E-state index < -0.39 is 11.7 Å². The molecule has 2 amide bonds. The van der Waals surface area contributed by atoms with Crippen molar-refractivity contribution in [3.63, 3.8) is 0 Å². The Morgan fingerprint density at radius 3 is 2.17 bits per heavy atom. The van der Waals surface area contributed by atoms with Gasteiger partial charge in [-0.25, -0.2) is 4.39 Å². The van der Waals surface area contributed by atoms with Crippen molar-refractivity contribution in [2.75, 3.05) is 17.2 Å². The number of carbonyl (C=O) groups is 3. The van der Waals surface area contributed by atoms with E-state index in [1.54, 1.807) is 66.7 Å². The first-order chi connectivity index (χ1) is 17.4. The van der Waals surface area contributed by atoms with E-state index in [0.29, 0.717) is 33.3 Å². The minimum Gasteiger partial charge on any atom is -0.484 e. The zero-order chi connectivity index (χ0) is 25.5. The summed E-state index contributed by atoms with van der Waals surface area (Å²) < 4.78 is 18.5. The molecule has 6 nitrogen and oxygen atoms in total. The number of anilines is 2. The summed E-state index contributed by atoms with van der Waals surface area (Å²) in [5.74, 6) is -1.14. The average Bonchev–Trinajstić information content (AvgIpc) is 2.90. The number of ketones is 1. The minimum atomic E-state index is -0.474. The monoisotopic (exact) mass is 502 g/mol. The highest BCUT2D eigenvalue weighted by atomic mass is 35.5. The van der Waals surface area contributed by atoms with Crippen LogP contribution in [0.1, 0.15) is 26.3 Å². The SMILES string of the molecule is O=C(COc1ccc(C(=O)Nc2ccc(F)cc2)cc1)Nc1ccc(Cl)cc1C(=O)c1ccccc1. The third kappa shape index (κ3) is 6.34. The van der Waals surface area contributed by atoms with E-state index in [-0.39, 0.29) is 23.9 Å². The highest BCUT2D eigenvalue weighted by Crippen LogP contribution is 2.24. The molecule has 0 radical (unpaired) electrons. The normalized spacial score (nSPS) is 10.4. The van der Waals surface area contributed by atoms with Crippen molar-refractivity contribution in [2.24, 2.45) is 0 Å². The molecule has 180 valence electrons. The predicted molar refractivity (Wildman–Crippen MR) is 136 cm³/mol. The Hall–Kier alpha value is -4.49. The van der Waals surface area contributed by atoms with Gasteiger partial charge in [-0.3, -0.25) is 14.4 Å². The van der Waals surface area contributed by atoms with E-state index in [1.165, 1.54) is 30.3 Å². The van der Waals surface area contributed by atoms with Crippen LogP contribution in [0, 0.1) is 5.82 Å². The van der Waals surface area contributed by atoms with Crippen LogP contribution >= 0.6 is 11.6 Å². The van der Waals surface area contributed by atoms with Crippen molar-refractivity contribution in [1.29, 1.82) is 0 Å². The van der Waals surface area contributed by atoms with Crippen molar-refractivity contribution >= 4 is 40.6 Å². The number of ether oxygens (including phenoxy) is 1. The van der Waals surface area contributed by atoms with Gasteiger partial charge in [0.15, 0.2) is 12.4 Å². The fourth-order valence-corrected chi connectivity index (χ4v) is 3.50. The number of hydrogen-bond acceptors (Lipinski definition) is 4. The Morgan fingerprint density at radius 1 is 0.778 bits per heavy atom.